The fourth-order valence-corrected chi connectivity index (χ4v) is 1.96. The van der Waals surface area contributed by atoms with E-state index in [1.807, 2.05) is 24.3 Å². The zero-order valence-corrected chi connectivity index (χ0v) is 11.7. The summed E-state index contributed by atoms with van der Waals surface area (Å²) in [5.41, 5.74) is 1.09. The second kappa shape index (κ2) is 6.65. The van der Waals surface area contributed by atoms with Crippen LogP contribution in [0.25, 0.3) is 0 Å². The minimum atomic E-state index is -0.425. The van der Waals surface area contributed by atoms with Crippen molar-refractivity contribution in [1.82, 2.24) is 5.32 Å². The molecule has 2 aromatic carbocycles. The number of para-hydroxylation sites is 1. The highest BCUT2D eigenvalue weighted by Gasteiger charge is 2.13. The predicted molar refractivity (Wildman–Crippen MR) is 78.8 cm³/mol. The SMILES string of the molecule is COc1cccc(CCNC(=O)c2cccc(O)c2O)c1. The zero-order valence-electron chi connectivity index (χ0n) is 11.7. The number of phenols is 2. The van der Waals surface area contributed by atoms with Crippen LogP contribution in [-0.2, 0) is 6.42 Å². The van der Waals surface area contributed by atoms with Gasteiger partial charge in [-0.2, -0.15) is 0 Å². The van der Waals surface area contributed by atoms with Gasteiger partial charge in [0, 0.05) is 6.54 Å². The zero-order chi connectivity index (χ0) is 15.2. The minimum absolute atomic E-state index is 0.0562. The molecule has 1 amide bonds. The van der Waals surface area contributed by atoms with Gasteiger partial charge in [-0.15, -0.1) is 0 Å². The molecule has 0 aliphatic heterocycles. The van der Waals surface area contributed by atoms with Gasteiger partial charge in [0.15, 0.2) is 11.5 Å². The molecule has 5 heteroatoms. The van der Waals surface area contributed by atoms with E-state index in [1.54, 1.807) is 7.11 Å². The first-order valence-electron chi connectivity index (χ1n) is 6.54. The quantitative estimate of drug-likeness (QED) is 0.736. The second-order valence-corrected chi connectivity index (χ2v) is 4.53. The molecular formula is C16H17NO4. The number of amides is 1. The van der Waals surface area contributed by atoms with Crippen molar-refractivity contribution in [3.05, 3.63) is 53.6 Å². The van der Waals surface area contributed by atoms with Crippen molar-refractivity contribution in [1.29, 1.82) is 0 Å². The van der Waals surface area contributed by atoms with Crippen LogP contribution in [0.3, 0.4) is 0 Å². The average molecular weight is 287 g/mol. The van der Waals surface area contributed by atoms with Crippen LogP contribution in [0.4, 0.5) is 0 Å². The molecule has 3 N–H and O–H groups in total. The first kappa shape index (κ1) is 14.7. The Morgan fingerprint density at radius 1 is 1.19 bits per heavy atom. The predicted octanol–water partition coefficient (Wildman–Crippen LogP) is 2.08. The molecule has 0 bridgehead atoms. The highest BCUT2D eigenvalue weighted by molar-refractivity contribution is 5.97. The molecule has 0 aliphatic carbocycles. The van der Waals surface area contributed by atoms with Crippen molar-refractivity contribution in [2.45, 2.75) is 6.42 Å². The molecule has 0 saturated carbocycles. The molecule has 0 heterocycles. The van der Waals surface area contributed by atoms with Gasteiger partial charge in [-0.1, -0.05) is 18.2 Å². The first-order valence-corrected chi connectivity index (χ1v) is 6.54. The molecule has 0 fully saturated rings. The number of rotatable bonds is 5. The van der Waals surface area contributed by atoms with Crippen molar-refractivity contribution in [2.75, 3.05) is 13.7 Å². The molecule has 0 radical (unpaired) electrons. The third-order valence-electron chi connectivity index (χ3n) is 3.09. The van der Waals surface area contributed by atoms with Gasteiger partial charge < -0.3 is 20.3 Å². The lowest BCUT2D eigenvalue weighted by Crippen LogP contribution is -2.25. The van der Waals surface area contributed by atoms with Gasteiger partial charge in [0.1, 0.15) is 5.75 Å². The third kappa shape index (κ3) is 3.66. The maximum absolute atomic E-state index is 11.9. The van der Waals surface area contributed by atoms with Gasteiger partial charge >= 0.3 is 0 Å². The normalized spacial score (nSPS) is 10.1. The summed E-state index contributed by atoms with van der Waals surface area (Å²) >= 11 is 0. The van der Waals surface area contributed by atoms with Crippen LogP contribution < -0.4 is 10.1 Å². The van der Waals surface area contributed by atoms with E-state index in [4.69, 9.17) is 4.74 Å². The number of ether oxygens (including phenoxy) is 1. The Morgan fingerprint density at radius 2 is 1.95 bits per heavy atom. The summed E-state index contributed by atoms with van der Waals surface area (Å²) in [6, 6.07) is 11.9. The van der Waals surface area contributed by atoms with E-state index >= 15 is 0 Å². The molecule has 5 nitrogen and oxygen atoms in total. The van der Waals surface area contributed by atoms with Gasteiger partial charge in [-0.3, -0.25) is 4.79 Å². The number of hydrogen-bond acceptors (Lipinski definition) is 4. The van der Waals surface area contributed by atoms with Crippen molar-refractivity contribution in [3.63, 3.8) is 0 Å². The topological polar surface area (TPSA) is 78.8 Å². The fraction of sp³-hybridized carbons (Fsp3) is 0.188. The van der Waals surface area contributed by atoms with Gasteiger partial charge in [0.05, 0.1) is 12.7 Å². The summed E-state index contributed by atoms with van der Waals surface area (Å²) in [7, 11) is 1.60. The van der Waals surface area contributed by atoms with Gasteiger partial charge in [-0.05, 0) is 36.2 Å². The number of carbonyl (C=O) groups is 1. The molecule has 2 aromatic rings. The lowest BCUT2D eigenvalue weighted by molar-refractivity contribution is 0.0951. The van der Waals surface area contributed by atoms with Crippen LogP contribution in [0.1, 0.15) is 15.9 Å². The summed E-state index contributed by atoms with van der Waals surface area (Å²) in [5, 5.41) is 21.7. The van der Waals surface area contributed by atoms with E-state index in [1.165, 1.54) is 18.2 Å². The number of phenolic OH excluding ortho intramolecular Hbond substituents is 2. The van der Waals surface area contributed by atoms with Gasteiger partial charge in [0.25, 0.3) is 5.91 Å². The second-order valence-electron chi connectivity index (χ2n) is 4.53. The van der Waals surface area contributed by atoms with E-state index in [0.29, 0.717) is 13.0 Å². The number of aromatic hydroxyl groups is 2. The van der Waals surface area contributed by atoms with Gasteiger partial charge in [-0.25, -0.2) is 0 Å². The number of carbonyl (C=O) groups excluding carboxylic acids is 1. The Balaban J connectivity index is 1.94. The molecule has 0 atom stereocenters. The Kier molecular flexibility index (Phi) is 4.66. The summed E-state index contributed by atoms with van der Waals surface area (Å²) in [4.78, 5) is 11.9. The molecule has 0 unspecified atom stereocenters. The monoisotopic (exact) mass is 287 g/mol. The van der Waals surface area contributed by atoms with Crippen molar-refractivity contribution < 1.29 is 19.7 Å². The minimum Gasteiger partial charge on any atom is -0.504 e. The molecule has 0 spiro atoms. The van der Waals surface area contributed by atoms with Crippen LogP contribution in [0.2, 0.25) is 0 Å². The number of benzene rings is 2. The van der Waals surface area contributed by atoms with Crippen molar-refractivity contribution in [3.8, 4) is 17.2 Å². The molecular weight excluding hydrogens is 270 g/mol. The van der Waals surface area contributed by atoms with Crippen LogP contribution >= 0.6 is 0 Å². The van der Waals surface area contributed by atoms with E-state index in [-0.39, 0.29) is 11.3 Å². The molecule has 0 aromatic heterocycles. The van der Waals surface area contributed by atoms with E-state index < -0.39 is 11.7 Å². The summed E-state index contributed by atoms with van der Waals surface area (Å²) in [5.74, 6) is -0.373. The Bertz CT molecular complexity index is 640. The Hall–Kier alpha value is -2.69. The van der Waals surface area contributed by atoms with E-state index in [2.05, 4.69) is 5.32 Å². The first-order chi connectivity index (χ1) is 10.1. The molecule has 21 heavy (non-hydrogen) atoms. The highest BCUT2D eigenvalue weighted by atomic mass is 16.5. The fourth-order valence-electron chi connectivity index (χ4n) is 1.96. The number of hydrogen-bond donors (Lipinski definition) is 3. The molecule has 2 rings (SSSR count). The van der Waals surface area contributed by atoms with Crippen LogP contribution in [0.5, 0.6) is 17.2 Å². The standard InChI is InChI=1S/C16H17NO4/c1-21-12-5-2-4-11(10-12)8-9-17-16(20)13-6-3-7-14(18)15(13)19/h2-7,10,18-19H,8-9H2,1H3,(H,17,20). The summed E-state index contributed by atoms with van der Waals surface area (Å²) in [6.45, 7) is 0.418. The number of methoxy groups -OCH3 is 1. The van der Waals surface area contributed by atoms with Crippen LogP contribution in [0.15, 0.2) is 42.5 Å². The summed E-state index contributed by atoms with van der Waals surface area (Å²) < 4.78 is 5.13. The molecule has 0 saturated heterocycles. The van der Waals surface area contributed by atoms with Gasteiger partial charge in [0.2, 0.25) is 0 Å². The van der Waals surface area contributed by atoms with Crippen molar-refractivity contribution in [2.24, 2.45) is 0 Å². The molecule has 0 aliphatic rings. The van der Waals surface area contributed by atoms with Crippen LogP contribution in [-0.4, -0.2) is 29.8 Å². The largest absolute Gasteiger partial charge is 0.504 e. The lowest BCUT2D eigenvalue weighted by atomic mass is 10.1. The van der Waals surface area contributed by atoms with E-state index in [0.717, 1.165) is 11.3 Å². The Morgan fingerprint density at radius 3 is 2.71 bits per heavy atom. The Labute approximate surface area is 122 Å². The number of nitrogens with one attached hydrogen (secondary N) is 1. The van der Waals surface area contributed by atoms with E-state index in [9.17, 15) is 15.0 Å². The highest BCUT2D eigenvalue weighted by Crippen LogP contribution is 2.27. The third-order valence-corrected chi connectivity index (χ3v) is 3.09. The maximum Gasteiger partial charge on any atom is 0.255 e. The van der Waals surface area contributed by atoms with Crippen molar-refractivity contribution >= 4 is 5.91 Å². The maximum atomic E-state index is 11.9. The summed E-state index contributed by atoms with van der Waals surface area (Å²) in [6.07, 6.45) is 0.641. The van der Waals surface area contributed by atoms with Crippen LogP contribution in [0, 0.1) is 0 Å². The molecule has 110 valence electrons. The lowest BCUT2D eigenvalue weighted by Gasteiger charge is -2.08. The smallest absolute Gasteiger partial charge is 0.255 e. The average Bonchev–Trinajstić information content (AvgIpc) is 2.50.